The molecule has 0 aliphatic carbocycles. The Morgan fingerprint density at radius 1 is 1.29 bits per heavy atom. The Balaban J connectivity index is 2.72. The van der Waals surface area contributed by atoms with E-state index in [9.17, 15) is 0 Å². The summed E-state index contributed by atoms with van der Waals surface area (Å²) in [5.41, 5.74) is 1.09. The molecule has 0 aliphatic heterocycles. The van der Waals surface area contributed by atoms with Gasteiger partial charge < -0.3 is 10.1 Å². The molecule has 1 unspecified atom stereocenters. The molecular weight excluding hydrogens is 234 g/mol. The normalized spacial score (nSPS) is 13.7. The molecule has 1 rings (SSSR count). The van der Waals surface area contributed by atoms with Crippen LogP contribution in [-0.4, -0.2) is 25.3 Å². The Morgan fingerprint density at radius 3 is 2.35 bits per heavy atom. The zero-order valence-corrected chi connectivity index (χ0v) is 11.8. The Hall–Kier alpha value is -0.570. The first-order chi connectivity index (χ1) is 7.99. The summed E-state index contributed by atoms with van der Waals surface area (Å²) < 4.78 is 5.79. The van der Waals surface area contributed by atoms with Gasteiger partial charge >= 0.3 is 0 Å². The third-order valence-electron chi connectivity index (χ3n) is 3.06. The highest BCUT2D eigenvalue weighted by Gasteiger charge is 2.28. The SMILES string of the molecule is CCOC(C)(C)C(Cc1ccc(Cl)cc1)NC. The van der Waals surface area contributed by atoms with Gasteiger partial charge in [-0.15, -0.1) is 0 Å². The van der Waals surface area contributed by atoms with Crippen molar-refractivity contribution >= 4 is 11.6 Å². The van der Waals surface area contributed by atoms with Crippen molar-refractivity contribution in [3.05, 3.63) is 34.9 Å². The molecule has 0 amide bonds. The van der Waals surface area contributed by atoms with Crippen LogP contribution in [0, 0.1) is 0 Å². The van der Waals surface area contributed by atoms with E-state index in [1.165, 1.54) is 5.56 Å². The highest BCUT2D eigenvalue weighted by atomic mass is 35.5. The Labute approximate surface area is 109 Å². The van der Waals surface area contributed by atoms with E-state index in [0.717, 1.165) is 18.1 Å². The predicted molar refractivity (Wildman–Crippen MR) is 73.7 cm³/mol. The smallest absolute Gasteiger partial charge is 0.0781 e. The van der Waals surface area contributed by atoms with E-state index in [-0.39, 0.29) is 11.6 Å². The number of rotatable bonds is 6. The van der Waals surface area contributed by atoms with Crippen LogP contribution in [0.25, 0.3) is 0 Å². The topological polar surface area (TPSA) is 21.3 Å². The van der Waals surface area contributed by atoms with Crippen LogP contribution in [0.5, 0.6) is 0 Å². The minimum atomic E-state index is -0.177. The van der Waals surface area contributed by atoms with Gasteiger partial charge in [0.25, 0.3) is 0 Å². The zero-order chi connectivity index (χ0) is 12.9. The van der Waals surface area contributed by atoms with Crippen molar-refractivity contribution in [3.63, 3.8) is 0 Å². The lowest BCUT2D eigenvalue weighted by atomic mass is 9.92. The number of nitrogens with one attached hydrogen (secondary N) is 1. The molecule has 0 saturated carbocycles. The molecule has 2 nitrogen and oxygen atoms in total. The van der Waals surface area contributed by atoms with Crippen LogP contribution in [-0.2, 0) is 11.2 Å². The summed E-state index contributed by atoms with van der Waals surface area (Å²) >= 11 is 5.88. The third kappa shape index (κ3) is 4.30. The van der Waals surface area contributed by atoms with Crippen LogP contribution in [0.3, 0.4) is 0 Å². The summed E-state index contributed by atoms with van der Waals surface area (Å²) in [6.07, 6.45) is 0.931. The molecule has 0 aliphatic rings. The molecule has 0 heterocycles. The van der Waals surface area contributed by atoms with Gasteiger partial charge in [0.2, 0.25) is 0 Å². The van der Waals surface area contributed by atoms with Gasteiger partial charge in [-0.3, -0.25) is 0 Å². The molecule has 0 aromatic heterocycles. The summed E-state index contributed by atoms with van der Waals surface area (Å²) in [4.78, 5) is 0. The maximum atomic E-state index is 5.88. The Kier molecular flexibility index (Phi) is 5.44. The van der Waals surface area contributed by atoms with E-state index >= 15 is 0 Å². The van der Waals surface area contributed by atoms with E-state index in [2.05, 4.69) is 31.3 Å². The number of halogens is 1. The maximum absolute atomic E-state index is 5.88. The van der Waals surface area contributed by atoms with Gasteiger partial charge in [0, 0.05) is 17.7 Å². The maximum Gasteiger partial charge on any atom is 0.0781 e. The standard InChI is InChI=1S/C14H22ClNO/c1-5-17-14(2,3)13(16-4)10-11-6-8-12(15)9-7-11/h6-9,13,16H,5,10H2,1-4H3. The summed E-state index contributed by atoms with van der Waals surface area (Å²) in [7, 11) is 1.97. The van der Waals surface area contributed by atoms with Gasteiger partial charge in [0.15, 0.2) is 0 Å². The van der Waals surface area contributed by atoms with Crippen molar-refractivity contribution in [2.75, 3.05) is 13.7 Å². The van der Waals surface area contributed by atoms with Crippen LogP contribution < -0.4 is 5.32 Å². The van der Waals surface area contributed by atoms with E-state index in [1.807, 2.05) is 26.1 Å². The van der Waals surface area contributed by atoms with Crippen molar-refractivity contribution in [3.8, 4) is 0 Å². The van der Waals surface area contributed by atoms with Crippen LogP contribution in [0.15, 0.2) is 24.3 Å². The number of hydrogen-bond acceptors (Lipinski definition) is 2. The third-order valence-corrected chi connectivity index (χ3v) is 3.31. The Bertz CT molecular complexity index is 335. The number of benzene rings is 1. The van der Waals surface area contributed by atoms with Gasteiger partial charge in [0.1, 0.15) is 0 Å². The molecule has 0 bridgehead atoms. The number of ether oxygens (including phenoxy) is 1. The van der Waals surface area contributed by atoms with Crippen molar-refractivity contribution in [2.24, 2.45) is 0 Å². The average molecular weight is 256 g/mol. The van der Waals surface area contributed by atoms with Crippen LogP contribution >= 0.6 is 11.6 Å². The summed E-state index contributed by atoms with van der Waals surface area (Å²) in [6, 6.07) is 8.27. The van der Waals surface area contributed by atoms with Crippen LogP contribution in [0.4, 0.5) is 0 Å². The van der Waals surface area contributed by atoms with E-state index in [1.54, 1.807) is 0 Å². The summed E-state index contributed by atoms with van der Waals surface area (Å²) in [6.45, 7) is 6.99. The first-order valence-electron chi connectivity index (χ1n) is 6.05. The lowest BCUT2D eigenvalue weighted by Gasteiger charge is -2.34. The first-order valence-corrected chi connectivity index (χ1v) is 6.43. The van der Waals surface area contributed by atoms with Crippen LogP contribution in [0.1, 0.15) is 26.3 Å². The van der Waals surface area contributed by atoms with Gasteiger partial charge in [-0.05, 0) is 51.9 Å². The van der Waals surface area contributed by atoms with Gasteiger partial charge in [-0.2, -0.15) is 0 Å². The van der Waals surface area contributed by atoms with Crippen molar-refractivity contribution < 1.29 is 4.74 Å². The highest BCUT2D eigenvalue weighted by molar-refractivity contribution is 6.30. The van der Waals surface area contributed by atoms with E-state index in [4.69, 9.17) is 16.3 Å². The molecule has 3 heteroatoms. The van der Waals surface area contributed by atoms with Crippen molar-refractivity contribution in [1.82, 2.24) is 5.32 Å². The first kappa shape index (κ1) is 14.5. The molecule has 17 heavy (non-hydrogen) atoms. The van der Waals surface area contributed by atoms with Crippen molar-refractivity contribution in [1.29, 1.82) is 0 Å². The minimum Gasteiger partial charge on any atom is -0.374 e. The molecule has 1 atom stereocenters. The van der Waals surface area contributed by atoms with E-state index < -0.39 is 0 Å². The predicted octanol–water partition coefficient (Wildman–Crippen LogP) is 3.29. The minimum absolute atomic E-state index is 0.177. The fourth-order valence-corrected chi connectivity index (χ4v) is 2.15. The van der Waals surface area contributed by atoms with Gasteiger partial charge in [0.05, 0.1) is 5.60 Å². The average Bonchev–Trinajstić information content (AvgIpc) is 2.28. The monoisotopic (exact) mass is 255 g/mol. The molecule has 0 fully saturated rings. The fourth-order valence-electron chi connectivity index (χ4n) is 2.02. The molecule has 0 saturated heterocycles. The molecule has 0 spiro atoms. The second kappa shape index (κ2) is 6.39. The largest absolute Gasteiger partial charge is 0.374 e. The molecule has 1 aromatic rings. The lowest BCUT2D eigenvalue weighted by Crippen LogP contribution is -2.48. The molecule has 0 radical (unpaired) electrons. The summed E-state index contributed by atoms with van der Waals surface area (Å²) in [5, 5.41) is 4.11. The zero-order valence-electron chi connectivity index (χ0n) is 11.1. The summed E-state index contributed by atoms with van der Waals surface area (Å²) in [5.74, 6) is 0. The van der Waals surface area contributed by atoms with E-state index in [0.29, 0.717) is 0 Å². The lowest BCUT2D eigenvalue weighted by molar-refractivity contribution is -0.0363. The Morgan fingerprint density at radius 2 is 1.88 bits per heavy atom. The molecule has 1 N–H and O–H groups in total. The molecule has 1 aromatic carbocycles. The van der Waals surface area contributed by atoms with Crippen molar-refractivity contribution in [2.45, 2.75) is 38.8 Å². The van der Waals surface area contributed by atoms with Gasteiger partial charge in [-0.25, -0.2) is 0 Å². The van der Waals surface area contributed by atoms with Gasteiger partial charge in [-0.1, -0.05) is 23.7 Å². The second-order valence-corrected chi connectivity index (χ2v) is 5.14. The van der Waals surface area contributed by atoms with Crippen LogP contribution in [0.2, 0.25) is 5.02 Å². The highest BCUT2D eigenvalue weighted by Crippen LogP contribution is 2.19. The quantitative estimate of drug-likeness (QED) is 0.842. The molecule has 96 valence electrons. The second-order valence-electron chi connectivity index (χ2n) is 4.71. The fraction of sp³-hybridized carbons (Fsp3) is 0.571. The molecular formula is C14H22ClNO. The number of hydrogen-bond donors (Lipinski definition) is 1. The number of likely N-dealkylation sites (N-methyl/N-ethyl adjacent to an activating group) is 1.